The van der Waals surface area contributed by atoms with Gasteiger partial charge in [0.15, 0.2) is 0 Å². The molecular weight excluding hydrogens is 134 g/mol. The fourth-order valence-corrected chi connectivity index (χ4v) is 1.04. The van der Waals surface area contributed by atoms with Gasteiger partial charge in [0.2, 0.25) is 0 Å². The van der Waals surface area contributed by atoms with E-state index in [4.69, 9.17) is 0 Å². The van der Waals surface area contributed by atoms with Crippen molar-refractivity contribution in [1.82, 2.24) is 4.90 Å². The van der Waals surface area contributed by atoms with Gasteiger partial charge in [-0.15, -0.1) is 0 Å². The first-order valence-corrected chi connectivity index (χ1v) is 4.61. The predicted octanol–water partition coefficient (Wildman–Crippen LogP) is 3.03. The van der Waals surface area contributed by atoms with Gasteiger partial charge in [-0.3, -0.25) is 0 Å². The molecule has 0 heterocycles. The minimum Gasteiger partial charge on any atom is -0.375 e. The molecule has 0 fully saturated rings. The zero-order valence-corrected chi connectivity index (χ0v) is 8.30. The number of hydrogen-bond donors (Lipinski definition) is 0. The summed E-state index contributed by atoms with van der Waals surface area (Å²) in [5.41, 5.74) is 0. The molecule has 0 aromatic rings. The molecule has 0 radical (unpaired) electrons. The van der Waals surface area contributed by atoms with Crippen LogP contribution in [-0.4, -0.2) is 17.5 Å². The number of rotatable bonds is 5. The molecule has 0 amide bonds. The summed E-state index contributed by atoms with van der Waals surface area (Å²) in [5.74, 6) is 0. The molecule has 0 spiro atoms. The molecule has 0 rings (SSSR count). The van der Waals surface area contributed by atoms with E-state index in [1.807, 2.05) is 0 Å². The quantitative estimate of drug-likeness (QED) is 0.590. The van der Waals surface area contributed by atoms with Crippen molar-refractivity contribution in [3.63, 3.8) is 0 Å². The summed E-state index contributed by atoms with van der Waals surface area (Å²) in [6, 6.07) is 0.637. The lowest BCUT2D eigenvalue weighted by Crippen LogP contribution is -2.26. The van der Waals surface area contributed by atoms with Crippen molar-refractivity contribution >= 4 is 0 Å². The molecule has 0 unspecified atom stereocenters. The van der Waals surface area contributed by atoms with Crippen LogP contribution in [0.2, 0.25) is 0 Å². The second-order valence-electron chi connectivity index (χ2n) is 3.17. The fourth-order valence-electron chi connectivity index (χ4n) is 1.04. The third-order valence-corrected chi connectivity index (χ3v) is 1.77. The van der Waals surface area contributed by atoms with Crippen molar-refractivity contribution in [3.05, 3.63) is 12.3 Å². The minimum absolute atomic E-state index is 0.637. The van der Waals surface area contributed by atoms with Crippen molar-refractivity contribution < 1.29 is 0 Å². The first-order chi connectivity index (χ1) is 5.22. The van der Waals surface area contributed by atoms with Crippen LogP contribution in [0, 0.1) is 0 Å². The van der Waals surface area contributed by atoms with Crippen molar-refractivity contribution in [3.8, 4) is 0 Å². The second kappa shape index (κ2) is 6.26. The summed E-state index contributed by atoms with van der Waals surface area (Å²) in [6.07, 6.45) is 6.86. The molecule has 66 valence electrons. The Hall–Kier alpha value is -0.460. The highest BCUT2D eigenvalue weighted by molar-refractivity contribution is 4.80. The molecule has 11 heavy (non-hydrogen) atoms. The maximum absolute atomic E-state index is 2.38. The lowest BCUT2D eigenvalue weighted by molar-refractivity contribution is 0.305. The van der Waals surface area contributed by atoms with Crippen LogP contribution in [0.1, 0.15) is 40.5 Å². The molecule has 0 aliphatic heterocycles. The lowest BCUT2D eigenvalue weighted by atomic mass is 10.2. The molecule has 0 aromatic heterocycles. The van der Waals surface area contributed by atoms with Crippen molar-refractivity contribution in [2.75, 3.05) is 6.54 Å². The van der Waals surface area contributed by atoms with Crippen LogP contribution in [-0.2, 0) is 0 Å². The van der Waals surface area contributed by atoms with E-state index in [-0.39, 0.29) is 0 Å². The van der Waals surface area contributed by atoms with Gasteiger partial charge < -0.3 is 4.90 Å². The molecule has 1 nitrogen and oxygen atoms in total. The maximum atomic E-state index is 2.38. The Morgan fingerprint density at radius 1 is 1.36 bits per heavy atom. The largest absolute Gasteiger partial charge is 0.375 e. The Morgan fingerprint density at radius 3 is 2.36 bits per heavy atom. The fraction of sp³-hybridized carbons (Fsp3) is 0.800. The minimum atomic E-state index is 0.637. The smallest absolute Gasteiger partial charge is 0.0227 e. The lowest BCUT2D eigenvalue weighted by Gasteiger charge is -2.24. The van der Waals surface area contributed by atoms with Crippen LogP contribution >= 0.6 is 0 Å². The Balaban J connectivity index is 3.70. The maximum Gasteiger partial charge on any atom is 0.0227 e. The third kappa shape index (κ3) is 4.88. The average molecular weight is 155 g/mol. The van der Waals surface area contributed by atoms with Gasteiger partial charge in [-0.1, -0.05) is 19.4 Å². The van der Waals surface area contributed by atoms with Gasteiger partial charge in [0.05, 0.1) is 0 Å². The standard InChI is InChI=1S/C10H21N/c1-5-7-9-11(8-6-2)10(3)4/h6,8,10H,5,7,9H2,1-4H3/b8-6-. The molecular formula is C10H21N. The summed E-state index contributed by atoms with van der Waals surface area (Å²) < 4.78 is 0. The molecule has 0 aliphatic rings. The highest BCUT2D eigenvalue weighted by Gasteiger charge is 2.01. The first kappa shape index (κ1) is 10.5. The van der Waals surface area contributed by atoms with E-state index >= 15 is 0 Å². The van der Waals surface area contributed by atoms with Crippen LogP contribution in [0.3, 0.4) is 0 Å². The first-order valence-electron chi connectivity index (χ1n) is 4.61. The van der Waals surface area contributed by atoms with Gasteiger partial charge in [-0.25, -0.2) is 0 Å². The topological polar surface area (TPSA) is 3.24 Å². The monoisotopic (exact) mass is 155 g/mol. The van der Waals surface area contributed by atoms with Crippen molar-refractivity contribution in [2.45, 2.75) is 46.6 Å². The van der Waals surface area contributed by atoms with Gasteiger partial charge in [0.25, 0.3) is 0 Å². The number of nitrogens with zero attached hydrogens (tertiary/aromatic N) is 1. The molecule has 0 aromatic carbocycles. The van der Waals surface area contributed by atoms with E-state index in [1.54, 1.807) is 0 Å². The van der Waals surface area contributed by atoms with Gasteiger partial charge in [-0.05, 0) is 33.4 Å². The molecule has 1 heteroatoms. The zero-order chi connectivity index (χ0) is 8.69. The van der Waals surface area contributed by atoms with E-state index in [0.717, 1.165) is 0 Å². The van der Waals surface area contributed by atoms with Gasteiger partial charge >= 0.3 is 0 Å². The van der Waals surface area contributed by atoms with E-state index in [2.05, 4.69) is 44.9 Å². The Bertz CT molecular complexity index is 105. The molecule has 0 atom stereocenters. The molecule has 0 N–H and O–H groups in total. The highest BCUT2D eigenvalue weighted by Crippen LogP contribution is 2.01. The SMILES string of the molecule is C/C=C\N(CCCC)C(C)C. The normalized spacial score (nSPS) is 11.4. The zero-order valence-electron chi connectivity index (χ0n) is 8.30. The average Bonchev–Trinajstić information content (AvgIpc) is 1.97. The second-order valence-corrected chi connectivity index (χ2v) is 3.17. The van der Waals surface area contributed by atoms with E-state index in [9.17, 15) is 0 Å². The summed E-state index contributed by atoms with van der Waals surface area (Å²) in [4.78, 5) is 2.38. The number of unbranched alkanes of at least 4 members (excludes halogenated alkanes) is 1. The summed E-state index contributed by atoms with van der Waals surface area (Å²) in [5, 5.41) is 0. The van der Waals surface area contributed by atoms with E-state index in [0.29, 0.717) is 6.04 Å². The summed E-state index contributed by atoms with van der Waals surface area (Å²) in [7, 11) is 0. The van der Waals surface area contributed by atoms with Crippen molar-refractivity contribution in [1.29, 1.82) is 0 Å². The Labute approximate surface area is 71.1 Å². The predicted molar refractivity (Wildman–Crippen MR) is 51.6 cm³/mol. The van der Waals surface area contributed by atoms with Crippen LogP contribution in [0.4, 0.5) is 0 Å². The van der Waals surface area contributed by atoms with Crippen LogP contribution in [0.5, 0.6) is 0 Å². The summed E-state index contributed by atoms with van der Waals surface area (Å²) in [6.45, 7) is 9.96. The summed E-state index contributed by atoms with van der Waals surface area (Å²) >= 11 is 0. The van der Waals surface area contributed by atoms with E-state index < -0.39 is 0 Å². The molecule has 0 saturated heterocycles. The van der Waals surface area contributed by atoms with Gasteiger partial charge in [-0.2, -0.15) is 0 Å². The Kier molecular flexibility index (Phi) is 6.00. The van der Waals surface area contributed by atoms with Crippen LogP contribution in [0.15, 0.2) is 12.3 Å². The van der Waals surface area contributed by atoms with Crippen LogP contribution < -0.4 is 0 Å². The molecule has 0 saturated carbocycles. The van der Waals surface area contributed by atoms with Crippen LogP contribution in [0.25, 0.3) is 0 Å². The number of hydrogen-bond acceptors (Lipinski definition) is 1. The van der Waals surface area contributed by atoms with Crippen molar-refractivity contribution in [2.24, 2.45) is 0 Å². The Morgan fingerprint density at radius 2 is 2.00 bits per heavy atom. The van der Waals surface area contributed by atoms with E-state index in [1.165, 1.54) is 19.4 Å². The highest BCUT2D eigenvalue weighted by atomic mass is 15.1. The molecule has 0 bridgehead atoms. The van der Waals surface area contributed by atoms with Gasteiger partial charge in [0, 0.05) is 12.6 Å². The molecule has 0 aliphatic carbocycles. The number of allylic oxidation sites excluding steroid dienone is 1. The van der Waals surface area contributed by atoms with Gasteiger partial charge in [0.1, 0.15) is 0 Å². The third-order valence-electron chi connectivity index (χ3n) is 1.77.